The first kappa shape index (κ1) is 25.4. The molecule has 1 heteroatoms. The first-order chi connectivity index (χ1) is 9.00. The fraction of sp³-hybridized carbons (Fsp3) is 0.400. The van der Waals surface area contributed by atoms with E-state index in [1.54, 1.807) is 0 Å². The molecular weight excluding hydrogens is 288 g/mol. The van der Waals surface area contributed by atoms with Crippen molar-refractivity contribution in [1.82, 2.24) is 0 Å². The Hall–Kier alpha value is -0.586. The van der Waals surface area contributed by atoms with Crippen molar-refractivity contribution in [2.75, 3.05) is 0 Å². The Labute approximate surface area is 148 Å². The van der Waals surface area contributed by atoms with E-state index in [0.717, 1.165) is 0 Å². The molecule has 0 unspecified atom stereocenters. The van der Waals surface area contributed by atoms with Crippen molar-refractivity contribution in [3.05, 3.63) is 74.5 Å². The van der Waals surface area contributed by atoms with Gasteiger partial charge in [0.05, 0.1) is 0 Å². The van der Waals surface area contributed by atoms with Crippen LogP contribution < -0.4 is 0 Å². The zero-order valence-corrected chi connectivity index (χ0v) is 16.2. The van der Waals surface area contributed by atoms with Gasteiger partial charge in [-0.05, 0) is 0 Å². The third-order valence-corrected chi connectivity index (χ3v) is 1.11. The summed E-state index contributed by atoms with van der Waals surface area (Å²) in [7, 11) is 0. The molecule has 0 saturated heterocycles. The molecule has 0 atom stereocenters. The van der Waals surface area contributed by atoms with Gasteiger partial charge in [-0.15, -0.1) is 0 Å². The van der Waals surface area contributed by atoms with Crippen LogP contribution in [0.4, 0.5) is 0 Å². The molecule has 21 heavy (non-hydrogen) atoms. The van der Waals surface area contributed by atoms with Crippen LogP contribution in [0.5, 0.6) is 0 Å². The van der Waals surface area contributed by atoms with Gasteiger partial charge in [-0.25, -0.2) is 24.3 Å². The molecule has 0 aliphatic heterocycles. The molecule has 116 valence electrons. The average Bonchev–Trinajstić information content (AvgIpc) is 2.92. The Morgan fingerprint density at radius 3 is 0.762 bits per heavy atom. The Balaban J connectivity index is -0.000000202. The second kappa shape index (κ2) is 14.4. The third-order valence-electron chi connectivity index (χ3n) is 1.11. The number of hydrogen-bond donors (Lipinski definition) is 0. The van der Waals surface area contributed by atoms with E-state index >= 15 is 0 Å². The van der Waals surface area contributed by atoms with Crippen LogP contribution in [0.15, 0.2) is 60.7 Å². The Morgan fingerprint density at radius 2 is 0.714 bits per heavy atom. The summed E-state index contributed by atoms with van der Waals surface area (Å²) >= 11 is 0. The molecule has 0 nitrogen and oxygen atoms in total. The predicted octanol–water partition coefficient (Wildman–Crippen LogP) is 6.54. The van der Waals surface area contributed by atoms with Crippen molar-refractivity contribution in [3.63, 3.8) is 0 Å². The molecule has 0 saturated carbocycles. The summed E-state index contributed by atoms with van der Waals surface area (Å²) in [6.07, 6.45) is 0. The normalized spacial score (nSPS) is 9.52. The largest absolute Gasteiger partial charge is 4.00 e. The van der Waals surface area contributed by atoms with E-state index in [9.17, 15) is 0 Å². The Kier molecular flexibility index (Phi) is 17.3. The van der Waals surface area contributed by atoms with Crippen molar-refractivity contribution < 1.29 is 21.7 Å². The molecule has 0 aliphatic rings. The van der Waals surface area contributed by atoms with Crippen LogP contribution in [0.3, 0.4) is 0 Å². The van der Waals surface area contributed by atoms with Crippen molar-refractivity contribution in [2.45, 2.75) is 41.5 Å². The second-order valence-electron chi connectivity index (χ2n) is 7.05. The summed E-state index contributed by atoms with van der Waals surface area (Å²) in [5.74, 6) is 0. The minimum Gasteiger partial charge on any atom is -0.338 e. The molecule has 0 bridgehead atoms. The van der Waals surface area contributed by atoms with E-state index in [1.165, 1.54) is 0 Å². The van der Waals surface area contributed by atoms with Gasteiger partial charge >= 0.3 is 21.7 Å². The third kappa shape index (κ3) is 66.4. The van der Waals surface area contributed by atoms with Crippen LogP contribution >= 0.6 is 0 Å². The summed E-state index contributed by atoms with van der Waals surface area (Å²) in [5.41, 5.74) is 0.500. The van der Waals surface area contributed by atoms with Crippen LogP contribution in [0, 0.1) is 24.7 Å². The van der Waals surface area contributed by atoms with Crippen molar-refractivity contribution in [3.8, 4) is 0 Å². The number of hydrogen-bond acceptors (Lipinski definition) is 0. The van der Waals surface area contributed by atoms with Gasteiger partial charge in [0.25, 0.3) is 0 Å². The van der Waals surface area contributed by atoms with Crippen LogP contribution in [-0.2, 0) is 21.7 Å². The van der Waals surface area contributed by atoms with E-state index in [0.29, 0.717) is 0 Å². The van der Waals surface area contributed by atoms with Gasteiger partial charge < -0.3 is 13.8 Å². The van der Waals surface area contributed by atoms with Gasteiger partial charge in [-0.3, -0.25) is 0 Å². The van der Waals surface area contributed by atoms with E-state index in [2.05, 4.69) is 55.4 Å². The van der Waals surface area contributed by atoms with Gasteiger partial charge in [0.1, 0.15) is 0 Å². The molecule has 0 heterocycles. The SMILES string of the molecule is [CH2-]C(C)(C)C.[CH2-]C(C)(C)C.[Ti+4].c1cc[cH-]c1.c1cc[cH-]c1. The fourth-order valence-electron chi connectivity index (χ4n) is 0.642. The first-order valence-electron chi connectivity index (χ1n) is 7.04. The number of rotatable bonds is 0. The molecule has 0 spiro atoms. The zero-order chi connectivity index (χ0) is 16.1. The molecule has 0 N–H and O–H groups in total. The zero-order valence-electron chi connectivity index (χ0n) is 14.7. The molecule has 2 aromatic rings. The fourth-order valence-corrected chi connectivity index (χ4v) is 0.642. The smallest absolute Gasteiger partial charge is 0.338 e. The van der Waals surface area contributed by atoms with Crippen molar-refractivity contribution >= 4 is 0 Å². The average molecular weight is 320 g/mol. The van der Waals surface area contributed by atoms with Crippen LogP contribution in [0.1, 0.15) is 41.5 Å². The monoisotopic (exact) mass is 320 g/mol. The van der Waals surface area contributed by atoms with Crippen molar-refractivity contribution in [2.24, 2.45) is 10.8 Å². The van der Waals surface area contributed by atoms with E-state index in [4.69, 9.17) is 0 Å². The summed E-state index contributed by atoms with van der Waals surface area (Å²) in [4.78, 5) is 0. The molecule has 0 radical (unpaired) electrons. The van der Waals surface area contributed by atoms with Crippen LogP contribution in [0.2, 0.25) is 0 Å². The van der Waals surface area contributed by atoms with E-state index in [-0.39, 0.29) is 32.5 Å². The van der Waals surface area contributed by atoms with Gasteiger partial charge in [-0.1, -0.05) is 41.5 Å². The molecule has 0 amide bonds. The molecule has 0 aromatic heterocycles. The van der Waals surface area contributed by atoms with Gasteiger partial charge in [0.15, 0.2) is 0 Å². The topological polar surface area (TPSA) is 0 Å². The van der Waals surface area contributed by atoms with E-state index < -0.39 is 0 Å². The van der Waals surface area contributed by atoms with Crippen LogP contribution in [0.25, 0.3) is 0 Å². The minimum absolute atomic E-state index is 0. The second-order valence-corrected chi connectivity index (χ2v) is 7.05. The molecule has 0 aliphatic carbocycles. The van der Waals surface area contributed by atoms with E-state index in [1.807, 2.05) is 60.7 Å². The van der Waals surface area contributed by atoms with Gasteiger partial charge in [0.2, 0.25) is 0 Å². The summed E-state index contributed by atoms with van der Waals surface area (Å²) in [5, 5.41) is 0. The maximum Gasteiger partial charge on any atom is 4.00 e. The quantitative estimate of drug-likeness (QED) is 0.382. The summed E-state index contributed by atoms with van der Waals surface area (Å²) in [6.45, 7) is 20.0. The van der Waals surface area contributed by atoms with Crippen molar-refractivity contribution in [1.29, 1.82) is 0 Å². The van der Waals surface area contributed by atoms with Gasteiger partial charge in [0, 0.05) is 0 Å². The maximum absolute atomic E-state index is 3.77. The Morgan fingerprint density at radius 1 is 0.571 bits per heavy atom. The molecule has 0 fully saturated rings. The molecule has 2 aromatic carbocycles. The predicted molar refractivity (Wildman–Crippen MR) is 93.7 cm³/mol. The molecular formula is C20H32Ti. The summed E-state index contributed by atoms with van der Waals surface area (Å²) in [6, 6.07) is 20.0. The Bertz CT molecular complexity index is 257. The van der Waals surface area contributed by atoms with Gasteiger partial charge in [-0.2, -0.15) is 47.2 Å². The maximum atomic E-state index is 3.77. The summed E-state index contributed by atoms with van der Waals surface area (Å²) < 4.78 is 0. The molecule has 2 rings (SSSR count). The minimum atomic E-state index is 0. The van der Waals surface area contributed by atoms with Crippen LogP contribution in [-0.4, -0.2) is 0 Å². The standard InChI is InChI=1S/2C5H5.2C5H11.Ti/c2*1-2-4-5-3-1;2*1-5(2,3)4;/h2*1-5H;2*1H2,2-4H3;/q4*-1;+4. The first-order valence-corrected chi connectivity index (χ1v) is 7.04.